The minimum Gasteiger partial charge on any atom is -0.485 e. The van der Waals surface area contributed by atoms with Gasteiger partial charge in [0.2, 0.25) is 0 Å². The lowest BCUT2D eigenvalue weighted by molar-refractivity contribution is -0.282. The summed E-state index contributed by atoms with van der Waals surface area (Å²) in [5.74, 6) is 0.551. The van der Waals surface area contributed by atoms with Gasteiger partial charge in [0, 0.05) is 35.5 Å². The Hall–Kier alpha value is -2.41. The Morgan fingerprint density at radius 2 is 2.00 bits per heavy atom. The van der Waals surface area contributed by atoms with Crippen molar-refractivity contribution in [2.75, 3.05) is 27.3 Å². The highest BCUT2D eigenvalue weighted by atomic mass is 16.6. The maximum atomic E-state index is 12.4. The van der Waals surface area contributed by atoms with Crippen molar-refractivity contribution in [2.24, 2.45) is 17.1 Å². The number of amides is 1. The standard InChI is InChI=1S/C29H34N2O4/c1-31-13-12-28-23-19-8-9-21(25(30)32)24(23)35-26(28)29(33-2)11-10-27(28,22(31)14-19)15-20(29)17-34-16-18-6-4-3-5-7-18/h3-9,20,22,26H,10-17H2,1-2H3,(H2,30,32)/t20-,22?,26-,27-,28+,29-/m1/s1. The first-order valence-electron chi connectivity index (χ1n) is 13.0. The van der Waals surface area contributed by atoms with E-state index in [1.54, 1.807) is 0 Å². The van der Waals surface area contributed by atoms with Crippen molar-refractivity contribution in [3.63, 3.8) is 0 Å². The van der Waals surface area contributed by atoms with E-state index >= 15 is 0 Å². The van der Waals surface area contributed by atoms with E-state index in [-0.39, 0.29) is 22.9 Å². The lowest BCUT2D eigenvalue weighted by Gasteiger charge is -2.73. The van der Waals surface area contributed by atoms with E-state index in [9.17, 15) is 4.79 Å². The Labute approximate surface area is 206 Å². The van der Waals surface area contributed by atoms with Crippen molar-refractivity contribution < 1.29 is 19.0 Å². The lowest BCUT2D eigenvalue weighted by Crippen LogP contribution is -2.81. The largest absolute Gasteiger partial charge is 0.485 e. The highest BCUT2D eigenvalue weighted by Crippen LogP contribution is 2.76. The second kappa shape index (κ2) is 7.31. The summed E-state index contributed by atoms with van der Waals surface area (Å²) >= 11 is 0. The Bertz CT molecular complexity index is 1200. The van der Waals surface area contributed by atoms with Crippen molar-refractivity contribution in [3.05, 3.63) is 64.7 Å². The number of hydrogen-bond donors (Lipinski definition) is 1. The van der Waals surface area contributed by atoms with Gasteiger partial charge in [-0.2, -0.15) is 0 Å². The number of fused-ring (bicyclic) bond motifs is 2. The molecule has 1 saturated heterocycles. The van der Waals surface area contributed by atoms with Crippen molar-refractivity contribution >= 4 is 5.91 Å². The maximum absolute atomic E-state index is 12.4. The summed E-state index contributed by atoms with van der Waals surface area (Å²) in [4.78, 5) is 15.0. The van der Waals surface area contributed by atoms with Gasteiger partial charge in [-0.15, -0.1) is 0 Å². The zero-order valence-corrected chi connectivity index (χ0v) is 20.6. The highest BCUT2D eigenvalue weighted by molar-refractivity contribution is 5.97. The number of carbonyl (C=O) groups is 1. The second-order valence-corrected chi connectivity index (χ2v) is 11.5. The molecule has 2 heterocycles. The molecule has 6 atom stereocenters. The fourth-order valence-corrected chi connectivity index (χ4v) is 9.13. The van der Waals surface area contributed by atoms with E-state index in [1.165, 1.54) is 16.7 Å². The maximum Gasteiger partial charge on any atom is 0.252 e. The Balaban J connectivity index is 1.34. The van der Waals surface area contributed by atoms with Crippen molar-refractivity contribution in [2.45, 2.75) is 61.9 Å². The third-order valence-corrected chi connectivity index (χ3v) is 10.5. The summed E-state index contributed by atoms with van der Waals surface area (Å²) in [7, 11) is 4.13. The Morgan fingerprint density at radius 1 is 1.17 bits per heavy atom. The number of hydrogen-bond acceptors (Lipinski definition) is 5. The fraction of sp³-hybridized carbons (Fsp3) is 0.552. The number of methoxy groups -OCH3 is 1. The third kappa shape index (κ3) is 2.53. The molecule has 4 bridgehead atoms. The summed E-state index contributed by atoms with van der Waals surface area (Å²) < 4.78 is 19.8. The Kier molecular flexibility index (Phi) is 4.56. The van der Waals surface area contributed by atoms with Gasteiger partial charge in [0.25, 0.3) is 5.91 Å². The molecule has 6 aliphatic rings. The zero-order chi connectivity index (χ0) is 24.0. The van der Waals surface area contributed by atoms with Crippen molar-refractivity contribution in [1.82, 2.24) is 4.90 Å². The molecular formula is C29H34N2O4. The molecule has 1 unspecified atom stereocenters. The molecule has 3 saturated carbocycles. The topological polar surface area (TPSA) is 74.0 Å². The molecule has 2 aromatic rings. The second-order valence-electron chi connectivity index (χ2n) is 11.5. The number of primary amides is 1. The third-order valence-electron chi connectivity index (χ3n) is 10.5. The van der Waals surface area contributed by atoms with Crippen LogP contribution in [0.15, 0.2) is 42.5 Å². The fourth-order valence-electron chi connectivity index (χ4n) is 9.13. The van der Waals surface area contributed by atoms with Crippen LogP contribution < -0.4 is 10.5 Å². The van der Waals surface area contributed by atoms with Crippen LogP contribution >= 0.6 is 0 Å². The molecule has 4 fully saturated rings. The predicted molar refractivity (Wildman–Crippen MR) is 131 cm³/mol. The van der Waals surface area contributed by atoms with E-state index in [4.69, 9.17) is 19.9 Å². The first-order valence-corrected chi connectivity index (χ1v) is 13.0. The monoisotopic (exact) mass is 474 g/mol. The van der Waals surface area contributed by atoms with Crippen molar-refractivity contribution in [1.29, 1.82) is 0 Å². The van der Waals surface area contributed by atoms with Crippen LogP contribution in [0.2, 0.25) is 0 Å². The number of benzene rings is 2. The average Bonchev–Trinajstić information content (AvgIpc) is 3.23. The summed E-state index contributed by atoms with van der Waals surface area (Å²) in [5.41, 5.74) is 9.65. The summed E-state index contributed by atoms with van der Waals surface area (Å²) in [6.07, 6.45) is 5.02. The average molecular weight is 475 g/mol. The number of piperidine rings is 1. The van der Waals surface area contributed by atoms with Crippen LogP contribution in [0.25, 0.3) is 0 Å². The normalized spacial score (nSPS) is 38.2. The number of carbonyl (C=O) groups excluding carboxylic acids is 1. The predicted octanol–water partition coefficient (Wildman–Crippen LogP) is 3.45. The molecule has 184 valence electrons. The van der Waals surface area contributed by atoms with Gasteiger partial charge in [-0.3, -0.25) is 4.79 Å². The highest BCUT2D eigenvalue weighted by Gasteiger charge is 2.80. The van der Waals surface area contributed by atoms with Gasteiger partial charge in [0.1, 0.15) is 17.5 Å². The molecule has 4 aliphatic carbocycles. The van der Waals surface area contributed by atoms with Gasteiger partial charge in [-0.25, -0.2) is 0 Å². The van der Waals surface area contributed by atoms with Crippen LogP contribution in [-0.2, 0) is 27.9 Å². The van der Waals surface area contributed by atoms with Gasteiger partial charge in [-0.05, 0) is 62.9 Å². The van der Waals surface area contributed by atoms with E-state index in [0.29, 0.717) is 24.8 Å². The molecule has 0 radical (unpaired) electrons. The quantitative estimate of drug-likeness (QED) is 0.694. The van der Waals surface area contributed by atoms with Gasteiger partial charge in [0.05, 0.1) is 18.8 Å². The number of ether oxygens (including phenoxy) is 3. The lowest BCUT2D eigenvalue weighted by atomic mass is 9.35. The number of likely N-dealkylation sites (tertiary alicyclic amines) is 1. The first-order chi connectivity index (χ1) is 17.0. The van der Waals surface area contributed by atoms with Crippen LogP contribution in [0.1, 0.15) is 52.7 Å². The minimum absolute atomic E-state index is 0.0836. The zero-order valence-electron chi connectivity index (χ0n) is 20.6. The molecule has 2 N–H and O–H groups in total. The first kappa shape index (κ1) is 21.8. The molecule has 6 nitrogen and oxygen atoms in total. The summed E-state index contributed by atoms with van der Waals surface area (Å²) in [6.45, 7) is 2.27. The smallest absolute Gasteiger partial charge is 0.252 e. The number of nitrogens with zero attached hydrogens (tertiary/aromatic N) is 1. The van der Waals surface area contributed by atoms with E-state index in [2.05, 4.69) is 42.3 Å². The number of nitrogens with two attached hydrogens (primary N) is 1. The SMILES string of the molecule is CO[C@]12CC[C@@]3(C[C@@H]1COCc1ccccc1)C1Cc4ccc(C(N)=O)c5c4[C@@]3(CCN1C)[C@H]2O5. The molecule has 8 rings (SSSR count). The molecule has 0 aromatic heterocycles. The minimum atomic E-state index is -0.443. The van der Waals surface area contributed by atoms with Crippen molar-refractivity contribution in [3.8, 4) is 5.75 Å². The van der Waals surface area contributed by atoms with Gasteiger partial charge in [-0.1, -0.05) is 36.4 Å². The van der Waals surface area contributed by atoms with Crippen LogP contribution in [0.3, 0.4) is 0 Å². The summed E-state index contributed by atoms with van der Waals surface area (Å²) in [5, 5.41) is 0. The molecule has 35 heavy (non-hydrogen) atoms. The molecule has 2 spiro atoms. The molecule has 2 aromatic carbocycles. The Morgan fingerprint density at radius 3 is 2.77 bits per heavy atom. The van der Waals surface area contributed by atoms with Gasteiger partial charge >= 0.3 is 0 Å². The molecular weight excluding hydrogens is 440 g/mol. The molecule has 1 amide bonds. The number of likely N-dealkylation sites (N-methyl/N-ethyl adjacent to an activating group) is 1. The van der Waals surface area contributed by atoms with Crippen LogP contribution in [0, 0.1) is 11.3 Å². The van der Waals surface area contributed by atoms with Crippen LogP contribution in [-0.4, -0.2) is 55.9 Å². The van der Waals surface area contributed by atoms with Crippen LogP contribution in [0.5, 0.6) is 5.75 Å². The van der Waals surface area contributed by atoms with E-state index in [0.717, 1.165) is 44.4 Å². The van der Waals surface area contributed by atoms with E-state index in [1.807, 2.05) is 19.2 Å². The van der Waals surface area contributed by atoms with Crippen LogP contribution in [0.4, 0.5) is 0 Å². The molecule has 2 aliphatic heterocycles. The number of rotatable bonds is 6. The summed E-state index contributed by atoms with van der Waals surface area (Å²) in [6, 6.07) is 14.8. The van der Waals surface area contributed by atoms with E-state index < -0.39 is 11.5 Å². The van der Waals surface area contributed by atoms with Gasteiger partial charge in [0.15, 0.2) is 0 Å². The molecule has 6 heteroatoms. The van der Waals surface area contributed by atoms with Gasteiger partial charge < -0.3 is 24.8 Å².